The van der Waals surface area contributed by atoms with Crippen LogP contribution in [0.3, 0.4) is 0 Å². The molecule has 1 aliphatic heterocycles. The van der Waals surface area contributed by atoms with E-state index in [9.17, 15) is 4.79 Å². The van der Waals surface area contributed by atoms with Gasteiger partial charge in [0.1, 0.15) is 11.9 Å². The number of nitrogens with zero attached hydrogens (tertiary/aromatic N) is 5. The van der Waals surface area contributed by atoms with Gasteiger partial charge in [-0.3, -0.25) is 9.78 Å². The number of amides is 1. The lowest BCUT2D eigenvalue weighted by molar-refractivity contribution is 0.0760. The zero-order chi connectivity index (χ0) is 18.1. The van der Waals surface area contributed by atoms with Gasteiger partial charge in [0.2, 0.25) is 5.88 Å². The summed E-state index contributed by atoms with van der Waals surface area (Å²) in [5, 5.41) is 4.05. The molecule has 8 heteroatoms. The van der Waals surface area contributed by atoms with Gasteiger partial charge >= 0.3 is 0 Å². The van der Waals surface area contributed by atoms with Crippen LogP contribution in [0, 0.1) is 0 Å². The molecule has 2 aliphatic rings. The molecule has 0 saturated carbocycles. The zero-order valence-electron chi connectivity index (χ0n) is 15.1. The maximum Gasteiger partial charge on any atom is 0.276 e. The Hall–Kier alpha value is -2.64. The van der Waals surface area contributed by atoms with Gasteiger partial charge in [0, 0.05) is 39.0 Å². The van der Waals surface area contributed by atoms with Gasteiger partial charge in [0.25, 0.3) is 5.91 Å². The standard InChI is InChI=1S/C18H23N5O3/c1-22(2)15-9-19-10-16(20-15)25-12-7-8-23(11-12)18(24)17-13-5-3-4-6-14(13)26-21-17/h9-10,12H,3-8,11H2,1-2H3/t12-/m0/s1. The minimum atomic E-state index is -0.0895. The number of likely N-dealkylation sites (tertiary alicyclic amines) is 1. The molecule has 2 aromatic heterocycles. The first-order chi connectivity index (χ1) is 12.6. The number of carbonyl (C=O) groups excluding carboxylic acids is 1. The Labute approximate surface area is 152 Å². The molecule has 138 valence electrons. The van der Waals surface area contributed by atoms with Gasteiger partial charge in [-0.15, -0.1) is 0 Å². The van der Waals surface area contributed by atoms with Crippen LogP contribution >= 0.6 is 0 Å². The summed E-state index contributed by atoms with van der Waals surface area (Å²) in [6.45, 7) is 1.17. The van der Waals surface area contributed by atoms with E-state index in [4.69, 9.17) is 9.26 Å². The maximum absolute atomic E-state index is 12.8. The predicted molar refractivity (Wildman–Crippen MR) is 94.4 cm³/mol. The van der Waals surface area contributed by atoms with Crippen LogP contribution in [0.5, 0.6) is 5.88 Å². The van der Waals surface area contributed by atoms with Gasteiger partial charge in [-0.05, 0) is 19.3 Å². The molecule has 1 fully saturated rings. The second-order valence-electron chi connectivity index (χ2n) is 7.03. The molecule has 2 aromatic rings. The topological polar surface area (TPSA) is 84.6 Å². The predicted octanol–water partition coefficient (Wildman–Crippen LogP) is 1.70. The van der Waals surface area contributed by atoms with E-state index >= 15 is 0 Å². The lowest BCUT2D eigenvalue weighted by Gasteiger charge is -2.17. The van der Waals surface area contributed by atoms with Gasteiger partial charge < -0.3 is 19.1 Å². The van der Waals surface area contributed by atoms with Gasteiger partial charge in [0.05, 0.1) is 18.9 Å². The monoisotopic (exact) mass is 357 g/mol. The molecule has 0 radical (unpaired) electrons. The summed E-state index contributed by atoms with van der Waals surface area (Å²) in [7, 11) is 3.81. The third-order valence-corrected chi connectivity index (χ3v) is 4.93. The van der Waals surface area contributed by atoms with Gasteiger partial charge in [-0.25, -0.2) is 0 Å². The number of hydrogen-bond donors (Lipinski definition) is 0. The van der Waals surface area contributed by atoms with E-state index in [1.807, 2.05) is 19.0 Å². The third-order valence-electron chi connectivity index (χ3n) is 4.93. The Kier molecular flexibility index (Phi) is 4.48. The number of rotatable bonds is 4. The van der Waals surface area contributed by atoms with Gasteiger partial charge in [0.15, 0.2) is 11.5 Å². The fourth-order valence-corrected chi connectivity index (χ4v) is 3.49. The van der Waals surface area contributed by atoms with Crippen LogP contribution in [-0.2, 0) is 12.8 Å². The fourth-order valence-electron chi connectivity index (χ4n) is 3.49. The Morgan fingerprint density at radius 3 is 3.00 bits per heavy atom. The molecule has 8 nitrogen and oxygen atoms in total. The van der Waals surface area contributed by atoms with E-state index in [-0.39, 0.29) is 12.0 Å². The highest BCUT2D eigenvalue weighted by molar-refractivity contribution is 5.94. The highest BCUT2D eigenvalue weighted by atomic mass is 16.5. The maximum atomic E-state index is 12.8. The van der Waals surface area contributed by atoms with E-state index in [0.29, 0.717) is 24.7 Å². The van der Waals surface area contributed by atoms with E-state index < -0.39 is 0 Å². The molecule has 1 saturated heterocycles. The Morgan fingerprint density at radius 2 is 2.15 bits per heavy atom. The molecule has 1 atom stereocenters. The smallest absolute Gasteiger partial charge is 0.276 e. The first-order valence-corrected chi connectivity index (χ1v) is 9.04. The molecule has 0 spiro atoms. The number of ether oxygens (including phenoxy) is 1. The van der Waals surface area contributed by atoms with E-state index in [2.05, 4.69) is 15.1 Å². The second-order valence-corrected chi connectivity index (χ2v) is 7.03. The minimum Gasteiger partial charge on any atom is -0.471 e. The van der Waals surface area contributed by atoms with Crippen LogP contribution in [0.4, 0.5) is 5.82 Å². The Bertz CT molecular complexity index is 804. The summed E-state index contributed by atoms with van der Waals surface area (Å²) in [6.07, 6.45) is 7.90. The number of aryl methyl sites for hydroxylation is 1. The van der Waals surface area contributed by atoms with E-state index in [1.54, 1.807) is 17.3 Å². The van der Waals surface area contributed by atoms with Crippen molar-refractivity contribution in [3.8, 4) is 5.88 Å². The van der Waals surface area contributed by atoms with Crippen molar-refractivity contribution >= 4 is 11.7 Å². The first kappa shape index (κ1) is 16.8. The number of fused-ring (bicyclic) bond motifs is 1. The summed E-state index contributed by atoms with van der Waals surface area (Å²) in [5.74, 6) is 2.04. The van der Waals surface area contributed by atoms with E-state index in [0.717, 1.165) is 49.2 Å². The first-order valence-electron chi connectivity index (χ1n) is 9.04. The SMILES string of the molecule is CN(C)c1cncc(O[C@H]2CCN(C(=O)c3noc4c3CCCC4)C2)n1. The van der Waals surface area contributed by atoms with Gasteiger partial charge in [-0.1, -0.05) is 5.16 Å². The highest BCUT2D eigenvalue weighted by Gasteiger charge is 2.33. The Balaban J connectivity index is 1.41. The molecular formula is C18H23N5O3. The average molecular weight is 357 g/mol. The molecule has 0 aromatic carbocycles. The van der Waals surface area contributed by atoms with Crippen molar-refractivity contribution < 1.29 is 14.1 Å². The molecule has 0 bridgehead atoms. The van der Waals surface area contributed by atoms with Crippen molar-refractivity contribution in [3.05, 3.63) is 29.4 Å². The molecule has 0 N–H and O–H groups in total. The summed E-state index contributed by atoms with van der Waals surface area (Å²) in [4.78, 5) is 25.1. The molecule has 3 heterocycles. The lowest BCUT2D eigenvalue weighted by atomic mass is 9.96. The number of hydrogen-bond acceptors (Lipinski definition) is 7. The second kappa shape index (κ2) is 6.93. The largest absolute Gasteiger partial charge is 0.471 e. The van der Waals surface area contributed by atoms with Gasteiger partial charge in [-0.2, -0.15) is 4.98 Å². The summed E-state index contributed by atoms with van der Waals surface area (Å²) in [6, 6.07) is 0. The number of aromatic nitrogens is 3. The van der Waals surface area contributed by atoms with Crippen LogP contribution in [0.1, 0.15) is 41.1 Å². The van der Waals surface area contributed by atoms with Crippen molar-refractivity contribution in [1.29, 1.82) is 0 Å². The average Bonchev–Trinajstić information content (AvgIpc) is 3.28. The van der Waals surface area contributed by atoms with Crippen LogP contribution in [0.15, 0.2) is 16.9 Å². The summed E-state index contributed by atoms with van der Waals surface area (Å²) >= 11 is 0. The lowest BCUT2D eigenvalue weighted by Crippen LogP contribution is -2.32. The van der Waals surface area contributed by atoms with Crippen molar-refractivity contribution in [3.63, 3.8) is 0 Å². The quantitative estimate of drug-likeness (QED) is 0.823. The van der Waals surface area contributed by atoms with Crippen molar-refractivity contribution in [1.82, 2.24) is 20.0 Å². The molecular weight excluding hydrogens is 334 g/mol. The number of carbonyl (C=O) groups is 1. The van der Waals surface area contributed by atoms with Crippen molar-refractivity contribution in [2.24, 2.45) is 0 Å². The zero-order valence-corrected chi connectivity index (χ0v) is 15.1. The van der Waals surface area contributed by atoms with Crippen molar-refractivity contribution in [2.45, 2.75) is 38.2 Å². The van der Waals surface area contributed by atoms with Crippen LogP contribution < -0.4 is 9.64 Å². The normalized spacial score (nSPS) is 19.3. The van der Waals surface area contributed by atoms with Crippen molar-refractivity contribution in [2.75, 3.05) is 32.1 Å². The molecule has 0 unspecified atom stereocenters. The summed E-state index contributed by atoms with van der Waals surface area (Å²) in [5.41, 5.74) is 1.48. The highest BCUT2D eigenvalue weighted by Crippen LogP contribution is 2.26. The molecule has 4 rings (SSSR count). The fraction of sp³-hybridized carbons (Fsp3) is 0.556. The van der Waals surface area contributed by atoms with Crippen LogP contribution in [0.25, 0.3) is 0 Å². The molecule has 1 amide bonds. The third kappa shape index (κ3) is 3.23. The van der Waals surface area contributed by atoms with E-state index in [1.165, 1.54) is 0 Å². The molecule has 26 heavy (non-hydrogen) atoms. The minimum absolute atomic E-state index is 0.0591. The summed E-state index contributed by atoms with van der Waals surface area (Å²) < 4.78 is 11.3. The number of anilines is 1. The molecule has 1 aliphatic carbocycles. The van der Waals surface area contributed by atoms with Crippen LogP contribution in [-0.4, -0.2) is 59.2 Å². The van der Waals surface area contributed by atoms with Crippen LogP contribution in [0.2, 0.25) is 0 Å². The Morgan fingerprint density at radius 1 is 1.31 bits per heavy atom.